The molecule has 1 N–H and O–H groups in total. The van der Waals surface area contributed by atoms with Crippen LogP contribution in [0.3, 0.4) is 0 Å². The second-order valence-electron chi connectivity index (χ2n) is 6.73. The van der Waals surface area contributed by atoms with E-state index in [0.29, 0.717) is 30.2 Å². The molecule has 1 aromatic heterocycles. The van der Waals surface area contributed by atoms with E-state index in [1.807, 2.05) is 12.1 Å². The van der Waals surface area contributed by atoms with Crippen molar-refractivity contribution < 1.29 is 14.4 Å². The molecule has 126 valence electrons. The van der Waals surface area contributed by atoms with Crippen LogP contribution in [0.2, 0.25) is 0 Å². The molecule has 0 saturated carbocycles. The Hall–Kier alpha value is -2.21. The molecule has 24 heavy (non-hydrogen) atoms. The van der Waals surface area contributed by atoms with Gasteiger partial charge < -0.3 is 14.5 Å². The second-order valence-corrected chi connectivity index (χ2v) is 6.73. The van der Waals surface area contributed by atoms with Crippen LogP contribution in [-0.2, 0) is 12.8 Å². The predicted octanol–water partition coefficient (Wildman–Crippen LogP) is 2.20. The number of nitrogens with zero attached hydrogens (tertiary/aromatic N) is 3. The highest BCUT2D eigenvalue weighted by molar-refractivity contribution is 5.95. The van der Waals surface area contributed by atoms with Crippen LogP contribution in [0.15, 0.2) is 22.7 Å². The summed E-state index contributed by atoms with van der Waals surface area (Å²) in [5, 5.41) is 13.8. The van der Waals surface area contributed by atoms with Gasteiger partial charge in [0.1, 0.15) is 6.04 Å². The first kappa shape index (κ1) is 15.3. The van der Waals surface area contributed by atoms with E-state index in [1.54, 1.807) is 11.8 Å². The van der Waals surface area contributed by atoms with Crippen molar-refractivity contribution in [3.05, 3.63) is 46.6 Å². The van der Waals surface area contributed by atoms with E-state index in [-0.39, 0.29) is 11.9 Å². The smallest absolute Gasteiger partial charge is 0.254 e. The summed E-state index contributed by atoms with van der Waals surface area (Å²) in [6, 6.07) is 5.62. The van der Waals surface area contributed by atoms with Crippen molar-refractivity contribution in [1.29, 1.82) is 0 Å². The first-order valence-electron chi connectivity index (χ1n) is 8.53. The van der Waals surface area contributed by atoms with E-state index < -0.39 is 6.10 Å². The van der Waals surface area contributed by atoms with Gasteiger partial charge >= 0.3 is 0 Å². The summed E-state index contributed by atoms with van der Waals surface area (Å²) in [6.07, 6.45) is 4.39. The third-order valence-corrected chi connectivity index (χ3v) is 4.96. The molecule has 0 radical (unpaired) electrons. The molecule has 1 aliphatic heterocycles. The fourth-order valence-corrected chi connectivity index (χ4v) is 3.75. The lowest BCUT2D eigenvalue weighted by Gasteiger charge is -2.23. The minimum Gasteiger partial charge on any atom is -0.391 e. The van der Waals surface area contributed by atoms with E-state index in [1.165, 1.54) is 24.0 Å². The van der Waals surface area contributed by atoms with Crippen molar-refractivity contribution in [1.82, 2.24) is 15.0 Å². The number of amides is 1. The van der Waals surface area contributed by atoms with Crippen LogP contribution in [0, 0.1) is 6.92 Å². The number of β-amino-alcohol motifs (C(OH)–C–C–N with tert-alkyl or cyclic N) is 1. The largest absolute Gasteiger partial charge is 0.391 e. The van der Waals surface area contributed by atoms with Gasteiger partial charge in [0.15, 0.2) is 5.82 Å². The molecule has 0 spiro atoms. The van der Waals surface area contributed by atoms with Crippen molar-refractivity contribution in [3.63, 3.8) is 0 Å². The number of aromatic nitrogens is 2. The molecule has 1 saturated heterocycles. The Morgan fingerprint density at radius 3 is 2.83 bits per heavy atom. The summed E-state index contributed by atoms with van der Waals surface area (Å²) in [5.41, 5.74) is 3.30. The van der Waals surface area contributed by atoms with Crippen molar-refractivity contribution in [2.75, 3.05) is 6.54 Å². The number of aliphatic hydroxyl groups is 1. The van der Waals surface area contributed by atoms with Crippen LogP contribution in [-0.4, -0.2) is 38.7 Å². The molecule has 2 heterocycles. The Morgan fingerprint density at radius 2 is 2.08 bits per heavy atom. The minimum atomic E-state index is -0.566. The summed E-state index contributed by atoms with van der Waals surface area (Å²) < 4.78 is 5.24. The number of hydrogen-bond donors (Lipinski definition) is 1. The third-order valence-electron chi connectivity index (χ3n) is 4.96. The molecular weight excluding hydrogens is 306 g/mol. The van der Waals surface area contributed by atoms with Crippen LogP contribution in [0.5, 0.6) is 0 Å². The highest BCUT2D eigenvalue weighted by atomic mass is 16.5. The summed E-state index contributed by atoms with van der Waals surface area (Å²) in [4.78, 5) is 18.9. The zero-order valence-corrected chi connectivity index (χ0v) is 13.7. The molecule has 6 nitrogen and oxygen atoms in total. The quantitative estimate of drug-likeness (QED) is 0.915. The van der Waals surface area contributed by atoms with Crippen LogP contribution in [0.25, 0.3) is 0 Å². The number of carbonyl (C=O) groups is 1. The molecule has 1 amide bonds. The van der Waals surface area contributed by atoms with Gasteiger partial charge in [0.25, 0.3) is 5.91 Å². The zero-order valence-electron chi connectivity index (χ0n) is 13.7. The van der Waals surface area contributed by atoms with Crippen LogP contribution >= 0.6 is 0 Å². The van der Waals surface area contributed by atoms with Crippen LogP contribution < -0.4 is 0 Å². The molecule has 2 aromatic rings. The maximum absolute atomic E-state index is 13.0. The number of aryl methyl sites for hydroxylation is 3. The summed E-state index contributed by atoms with van der Waals surface area (Å²) in [7, 11) is 0. The van der Waals surface area contributed by atoms with Gasteiger partial charge in [0, 0.05) is 18.5 Å². The molecule has 2 atom stereocenters. The van der Waals surface area contributed by atoms with Gasteiger partial charge in [-0.05, 0) is 55.9 Å². The molecule has 0 unspecified atom stereocenters. The van der Waals surface area contributed by atoms with Crippen LogP contribution in [0.1, 0.15) is 58.5 Å². The number of rotatable bonds is 2. The first-order valence-corrected chi connectivity index (χ1v) is 8.53. The van der Waals surface area contributed by atoms with Gasteiger partial charge in [-0.15, -0.1) is 0 Å². The lowest BCUT2D eigenvalue weighted by atomic mass is 9.90. The van der Waals surface area contributed by atoms with Gasteiger partial charge in [0.05, 0.1) is 6.10 Å². The highest BCUT2D eigenvalue weighted by Crippen LogP contribution is 2.33. The minimum absolute atomic E-state index is 0.0826. The number of likely N-dealkylation sites (tertiary alicyclic amines) is 1. The number of hydrogen-bond acceptors (Lipinski definition) is 5. The molecule has 1 fully saturated rings. The standard InChI is InChI=1S/C18H21N3O3/c1-11-19-17(24-20-11)16-9-15(22)10-21(16)18(23)14-7-6-12-4-2-3-5-13(12)8-14/h6-8,15-16,22H,2-5,9-10H2,1H3/t15-,16+/m0/s1. The number of aliphatic hydroxyl groups excluding tert-OH is 1. The zero-order chi connectivity index (χ0) is 16.7. The monoisotopic (exact) mass is 327 g/mol. The van der Waals surface area contributed by atoms with Crippen molar-refractivity contribution in [2.24, 2.45) is 0 Å². The molecular formula is C18H21N3O3. The van der Waals surface area contributed by atoms with Gasteiger partial charge in [-0.25, -0.2) is 0 Å². The van der Waals surface area contributed by atoms with Gasteiger partial charge in [-0.3, -0.25) is 4.79 Å². The molecule has 0 bridgehead atoms. The summed E-state index contributed by atoms with van der Waals surface area (Å²) in [5.74, 6) is 0.851. The van der Waals surface area contributed by atoms with Gasteiger partial charge in [-0.1, -0.05) is 11.2 Å². The average Bonchev–Trinajstić information content (AvgIpc) is 3.19. The molecule has 4 rings (SSSR count). The topological polar surface area (TPSA) is 79.5 Å². The Kier molecular flexibility index (Phi) is 3.84. The Labute approximate surface area is 140 Å². The lowest BCUT2D eigenvalue weighted by molar-refractivity contribution is 0.0693. The average molecular weight is 327 g/mol. The third kappa shape index (κ3) is 2.71. The number of benzene rings is 1. The Bertz CT molecular complexity index is 771. The van der Waals surface area contributed by atoms with Crippen molar-refractivity contribution in [3.8, 4) is 0 Å². The summed E-state index contributed by atoms with van der Waals surface area (Å²) >= 11 is 0. The van der Waals surface area contributed by atoms with E-state index in [2.05, 4.69) is 16.2 Å². The van der Waals surface area contributed by atoms with E-state index in [4.69, 9.17) is 4.52 Å². The fraction of sp³-hybridized carbons (Fsp3) is 0.500. The van der Waals surface area contributed by atoms with E-state index in [0.717, 1.165) is 12.8 Å². The molecule has 1 aliphatic carbocycles. The second kappa shape index (κ2) is 6.02. The normalized spacial score (nSPS) is 23.3. The van der Waals surface area contributed by atoms with Gasteiger partial charge in [0.2, 0.25) is 5.89 Å². The van der Waals surface area contributed by atoms with E-state index in [9.17, 15) is 9.90 Å². The van der Waals surface area contributed by atoms with Crippen molar-refractivity contribution >= 4 is 5.91 Å². The molecule has 1 aromatic carbocycles. The van der Waals surface area contributed by atoms with Gasteiger partial charge in [-0.2, -0.15) is 4.98 Å². The van der Waals surface area contributed by atoms with Crippen molar-refractivity contribution in [2.45, 2.75) is 51.2 Å². The van der Waals surface area contributed by atoms with Crippen LogP contribution in [0.4, 0.5) is 0 Å². The Morgan fingerprint density at radius 1 is 1.29 bits per heavy atom. The highest BCUT2D eigenvalue weighted by Gasteiger charge is 2.39. The maximum atomic E-state index is 13.0. The first-order chi connectivity index (χ1) is 11.6. The number of fused-ring (bicyclic) bond motifs is 1. The number of carbonyl (C=O) groups excluding carboxylic acids is 1. The van der Waals surface area contributed by atoms with E-state index >= 15 is 0 Å². The lowest BCUT2D eigenvalue weighted by Crippen LogP contribution is -2.32. The molecule has 6 heteroatoms. The maximum Gasteiger partial charge on any atom is 0.254 e. The SMILES string of the molecule is Cc1noc([C@H]2C[C@H](O)CN2C(=O)c2ccc3c(c2)CCCC3)n1. The summed E-state index contributed by atoms with van der Waals surface area (Å²) in [6.45, 7) is 2.04. The predicted molar refractivity (Wildman–Crippen MR) is 86.5 cm³/mol. The fourth-order valence-electron chi connectivity index (χ4n) is 3.75. The Balaban J connectivity index is 1.62. The molecule has 2 aliphatic rings.